The van der Waals surface area contributed by atoms with Crippen LogP contribution in [0.2, 0.25) is 0 Å². The molecule has 7 N–H and O–H groups in total. The maximum absolute atomic E-state index is 11.7. The fourth-order valence-electron chi connectivity index (χ4n) is 3.62. The van der Waals surface area contributed by atoms with E-state index in [9.17, 15) is 20.1 Å². The summed E-state index contributed by atoms with van der Waals surface area (Å²) in [5.41, 5.74) is 0. The van der Waals surface area contributed by atoms with Gasteiger partial charge in [-0.15, -0.1) is 0 Å². The Labute approximate surface area is 216 Å². The average molecular weight is 522 g/mol. The van der Waals surface area contributed by atoms with Gasteiger partial charge in [0.25, 0.3) is 0 Å². The number of aliphatic hydroxyl groups is 4. The highest BCUT2D eigenvalue weighted by molar-refractivity contribution is 6.27. The lowest BCUT2D eigenvalue weighted by Gasteiger charge is -2.20. The van der Waals surface area contributed by atoms with Crippen molar-refractivity contribution in [2.75, 3.05) is 19.7 Å². The molecule has 214 valence electrons. The standard InChI is InChI=1S/C24H49NO5.C2H2O4/c1-2-3-4-5-6-7-8-9-10-11-12-13-14-15-16-17-18-25-19-21(27)23(29)24(30)22(28)20-26;3-1(4)2(5)6/h22-26,28-30H,2-20H2,1H3;(H,3,4)(H,5,6)/t22-,23-,24-;/m1./s1. The van der Waals surface area contributed by atoms with Crippen molar-refractivity contribution >= 4 is 17.7 Å². The Bertz CT molecular complexity index is 534. The Kier molecular flexibility index (Phi) is 26.9. The zero-order valence-electron chi connectivity index (χ0n) is 22.1. The second-order valence-electron chi connectivity index (χ2n) is 9.24. The zero-order valence-corrected chi connectivity index (χ0v) is 22.1. The number of carbonyl (C=O) groups excluding carboxylic acids is 1. The molecule has 0 saturated carbocycles. The third kappa shape index (κ3) is 24.1. The van der Waals surface area contributed by atoms with Crippen LogP contribution in [0.25, 0.3) is 0 Å². The first-order valence-electron chi connectivity index (χ1n) is 13.5. The minimum absolute atomic E-state index is 0.0465. The van der Waals surface area contributed by atoms with Crippen LogP contribution in [-0.4, -0.2) is 86.4 Å². The lowest BCUT2D eigenvalue weighted by Crippen LogP contribution is -2.46. The van der Waals surface area contributed by atoms with Gasteiger partial charge >= 0.3 is 11.9 Å². The quantitative estimate of drug-likeness (QED) is 0.0778. The molecule has 0 unspecified atom stereocenters. The van der Waals surface area contributed by atoms with Gasteiger partial charge < -0.3 is 36.0 Å². The number of nitrogens with one attached hydrogen (secondary N) is 1. The van der Waals surface area contributed by atoms with E-state index in [0.29, 0.717) is 6.54 Å². The first kappa shape index (κ1) is 36.6. The van der Waals surface area contributed by atoms with E-state index in [1.165, 1.54) is 89.9 Å². The number of Topliss-reactive ketones (excluding diaryl/α,β-unsaturated/α-hetero) is 1. The number of hydrogen-bond donors (Lipinski definition) is 7. The summed E-state index contributed by atoms with van der Waals surface area (Å²) in [7, 11) is 0. The van der Waals surface area contributed by atoms with Crippen LogP contribution in [0.4, 0.5) is 0 Å². The molecule has 36 heavy (non-hydrogen) atoms. The van der Waals surface area contributed by atoms with Gasteiger partial charge in [-0.2, -0.15) is 0 Å². The van der Waals surface area contributed by atoms with E-state index >= 15 is 0 Å². The Hall–Kier alpha value is -1.59. The average Bonchev–Trinajstić information content (AvgIpc) is 2.86. The number of ketones is 1. The van der Waals surface area contributed by atoms with Crippen molar-refractivity contribution in [3.8, 4) is 0 Å². The third-order valence-electron chi connectivity index (χ3n) is 5.92. The van der Waals surface area contributed by atoms with Crippen molar-refractivity contribution in [2.24, 2.45) is 0 Å². The van der Waals surface area contributed by atoms with E-state index in [0.717, 1.165) is 12.8 Å². The molecule has 0 aliphatic carbocycles. The van der Waals surface area contributed by atoms with Crippen molar-refractivity contribution in [1.82, 2.24) is 5.32 Å². The largest absolute Gasteiger partial charge is 0.473 e. The lowest BCUT2D eigenvalue weighted by molar-refractivity contribution is -0.159. The Morgan fingerprint density at radius 1 is 0.639 bits per heavy atom. The molecule has 10 heteroatoms. The highest BCUT2D eigenvalue weighted by Gasteiger charge is 2.29. The van der Waals surface area contributed by atoms with Gasteiger partial charge in [0.05, 0.1) is 13.2 Å². The first-order chi connectivity index (χ1) is 17.2. The molecule has 0 rings (SSSR count). The topological polar surface area (TPSA) is 185 Å². The normalized spacial score (nSPS) is 13.4. The van der Waals surface area contributed by atoms with Crippen LogP contribution in [0.1, 0.15) is 110 Å². The van der Waals surface area contributed by atoms with Crippen molar-refractivity contribution in [1.29, 1.82) is 0 Å². The molecule has 0 fully saturated rings. The molecule has 0 aromatic heterocycles. The number of carbonyl (C=O) groups is 3. The molecule has 0 heterocycles. The van der Waals surface area contributed by atoms with Gasteiger partial charge in [0.15, 0.2) is 5.78 Å². The first-order valence-corrected chi connectivity index (χ1v) is 13.5. The van der Waals surface area contributed by atoms with E-state index in [2.05, 4.69) is 12.2 Å². The molecule has 0 aromatic carbocycles. The van der Waals surface area contributed by atoms with Crippen LogP contribution >= 0.6 is 0 Å². The van der Waals surface area contributed by atoms with Gasteiger partial charge in [-0.05, 0) is 13.0 Å². The van der Waals surface area contributed by atoms with E-state index in [1.807, 2.05) is 0 Å². The molecule has 10 nitrogen and oxygen atoms in total. The molecule has 0 amide bonds. The number of aliphatic carboxylic acids is 2. The van der Waals surface area contributed by atoms with Crippen LogP contribution in [-0.2, 0) is 14.4 Å². The molecule has 0 saturated heterocycles. The molecule has 3 atom stereocenters. The summed E-state index contributed by atoms with van der Waals surface area (Å²) in [5, 5.41) is 54.8. The number of unbranched alkanes of at least 4 members (excludes halogenated alkanes) is 15. The van der Waals surface area contributed by atoms with E-state index < -0.39 is 42.6 Å². The minimum atomic E-state index is -1.82. The predicted octanol–water partition coefficient (Wildman–Crippen LogP) is 2.64. The highest BCUT2D eigenvalue weighted by Crippen LogP contribution is 2.13. The zero-order chi connectivity index (χ0) is 27.6. The molecular weight excluding hydrogens is 470 g/mol. The van der Waals surface area contributed by atoms with E-state index in [-0.39, 0.29) is 6.54 Å². The number of aliphatic hydroxyl groups excluding tert-OH is 4. The van der Waals surface area contributed by atoms with Crippen molar-refractivity contribution in [2.45, 2.75) is 128 Å². The van der Waals surface area contributed by atoms with Gasteiger partial charge in [0, 0.05) is 0 Å². The molecule has 0 aliphatic rings. The van der Waals surface area contributed by atoms with Gasteiger partial charge in [-0.3, -0.25) is 4.79 Å². The maximum Gasteiger partial charge on any atom is 0.414 e. The number of rotatable bonds is 23. The Morgan fingerprint density at radius 3 is 1.33 bits per heavy atom. The van der Waals surface area contributed by atoms with Gasteiger partial charge in [-0.1, -0.05) is 103 Å². The van der Waals surface area contributed by atoms with Crippen LogP contribution in [0.3, 0.4) is 0 Å². The second kappa shape index (κ2) is 26.5. The summed E-state index contributed by atoms with van der Waals surface area (Å²) >= 11 is 0. The van der Waals surface area contributed by atoms with Crippen molar-refractivity contribution in [3.63, 3.8) is 0 Å². The van der Waals surface area contributed by atoms with E-state index in [4.69, 9.17) is 24.9 Å². The molecule has 0 radical (unpaired) electrons. The minimum Gasteiger partial charge on any atom is -0.473 e. The predicted molar refractivity (Wildman–Crippen MR) is 138 cm³/mol. The molecular formula is C26H51NO9. The molecule has 0 aliphatic heterocycles. The smallest absolute Gasteiger partial charge is 0.414 e. The summed E-state index contributed by atoms with van der Waals surface area (Å²) in [5.74, 6) is -4.23. The fourth-order valence-corrected chi connectivity index (χ4v) is 3.62. The highest BCUT2D eigenvalue weighted by atomic mass is 16.4. The van der Waals surface area contributed by atoms with Crippen LogP contribution in [0.15, 0.2) is 0 Å². The van der Waals surface area contributed by atoms with Gasteiger partial charge in [0.2, 0.25) is 0 Å². The summed E-state index contributed by atoms with van der Waals surface area (Å²) in [6.45, 7) is 2.21. The third-order valence-corrected chi connectivity index (χ3v) is 5.92. The van der Waals surface area contributed by atoms with Gasteiger partial charge in [-0.25, -0.2) is 9.59 Å². The second-order valence-corrected chi connectivity index (χ2v) is 9.24. The fraction of sp³-hybridized carbons (Fsp3) is 0.885. The molecule has 0 aromatic rings. The van der Waals surface area contributed by atoms with Gasteiger partial charge in [0.1, 0.15) is 18.3 Å². The number of carboxylic acids is 2. The summed E-state index contributed by atoms with van der Waals surface area (Å²) in [4.78, 5) is 29.9. The number of hydrogen-bond acceptors (Lipinski definition) is 8. The molecule has 0 spiro atoms. The monoisotopic (exact) mass is 521 g/mol. The summed E-state index contributed by atoms with van der Waals surface area (Å²) in [6.07, 6.45) is 16.3. The summed E-state index contributed by atoms with van der Waals surface area (Å²) in [6, 6.07) is 0. The Balaban J connectivity index is 0. The van der Waals surface area contributed by atoms with Crippen LogP contribution in [0.5, 0.6) is 0 Å². The molecule has 0 bridgehead atoms. The number of carboxylic acid groups (broad SMARTS) is 2. The Morgan fingerprint density at radius 2 is 1.00 bits per heavy atom. The summed E-state index contributed by atoms with van der Waals surface area (Å²) < 4.78 is 0. The van der Waals surface area contributed by atoms with Crippen LogP contribution in [0, 0.1) is 0 Å². The SMILES string of the molecule is CCCCCCCCCCCCCCCCCCNCC(=O)[C@@H](O)[C@H](O)[C@H](O)CO.O=C(O)C(=O)O. The van der Waals surface area contributed by atoms with E-state index in [1.54, 1.807) is 0 Å². The van der Waals surface area contributed by atoms with Crippen molar-refractivity contribution in [3.05, 3.63) is 0 Å². The lowest BCUT2D eigenvalue weighted by atomic mass is 10.0. The van der Waals surface area contributed by atoms with Crippen LogP contribution < -0.4 is 5.32 Å². The maximum atomic E-state index is 11.7. The van der Waals surface area contributed by atoms with Crippen molar-refractivity contribution < 1.29 is 45.0 Å².